The van der Waals surface area contributed by atoms with E-state index in [-0.39, 0.29) is 19.0 Å². The van der Waals surface area contributed by atoms with Gasteiger partial charge in [0.1, 0.15) is 5.69 Å². The minimum atomic E-state index is -3.57. The van der Waals surface area contributed by atoms with Crippen molar-refractivity contribution < 1.29 is 13.2 Å². The van der Waals surface area contributed by atoms with Gasteiger partial charge in [0.25, 0.3) is 5.91 Å². The van der Waals surface area contributed by atoms with Crippen LogP contribution in [-0.4, -0.2) is 54.1 Å². The number of hydrogen-bond acceptors (Lipinski definition) is 5. The first-order valence-electron chi connectivity index (χ1n) is 9.09. The van der Waals surface area contributed by atoms with Gasteiger partial charge in [-0.25, -0.2) is 8.42 Å². The van der Waals surface area contributed by atoms with Gasteiger partial charge < -0.3 is 4.90 Å². The number of piperazine rings is 1. The Morgan fingerprint density at radius 3 is 2.46 bits per heavy atom. The largest absolute Gasteiger partial charge is 0.335 e. The second-order valence-corrected chi connectivity index (χ2v) is 9.70. The van der Waals surface area contributed by atoms with Gasteiger partial charge in [-0.1, -0.05) is 35.9 Å². The molecule has 2 aromatic carbocycles. The molecule has 0 N–H and O–H groups in total. The normalized spacial score (nSPS) is 15.9. The van der Waals surface area contributed by atoms with Crippen molar-refractivity contribution in [1.29, 1.82) is 0 Å². The molecule has 0 saturated carbocycles. The summed E-state index contributed by atoms with van der Waals surface area (Å²) in [7, 11) is -3.57. The van der Waals surface area contributed by atoms with Crippen LogP contribution in [0, 0.1) is 13.8 Å². The Hall–Kier alpha value is -2.29. The quantitative estimate of drug-likeness (QED) is 0.659. The van der Waals surface area contributed by atoms with Gasteiger partial charge >= 0.3 is 0 Å². The Balaban J connectivity index is 1.50. The summed E-state index contributed by atoms with van der Waals surface area (Å²) in [6.07, 6.45) is 0. The Bertz CT molecular complexity index is 1150. The minimum Gasteiger partial charge on any atom is -0.335 e. The van der Waals surface area contributed by atoms with Gasteiger partial charge in [-0.3, -0.25) is 4.79 Å². The zero-order valence-electron chi connectivity index (χ0n) is 15.8. The van der Waals surface area contributed by atoms with Gasteiger partial charge in [0.15, 0.2) is 0 Å². The van der Waals surface area contributed by atoms with Crippen LogP contribution >= 0.6 is 11.5 Å². The second-order valence-electron chi connectivity index (χ2n) is 6.99. The van der Waals surface area contributed by atoms with Crippen LogP contribution in [0.4, 0.5) is 0 Å². The maximum Gasteiger partial charge on any atom is 0.274 e. The average molecular weight is 416 g/mol. The van der Waals surface area contributed by atoms with E-state index in [0.29, 0.717) is 23.7 Å². The van der Waals surface area contributed by atoms with Crippen LogP contribution in [0.2, 0.25) is 0 Å². The van der Waals surface area contributed by atoms with Crippen molar-refractivity contribution in [2.24, 2.45) is 0 Å². The topological polar surface area (TPSA) is 70.6 Å². The van der Waals surface area contributed by atoms with E-state index >= 15 is 0 Å². The number of sulfonamides is 1. The van der Waals surface area contributed by atoms with Crippen LogP contribution in [0.25, 0.3) is 10.1 Å². The minimum absolute atomic E-state index is 0.138. The number of aryl methyl sites for hydroxylation is 2. The monoisotopic (exact) mass is 415 g/mol. The van der Waals surface area contributed by atoms with Gasteiger partial charge in [0.05, 0.1) is 9.60 Å². The smallest absolute Gasteiger partial charge is 0.274 e. The second kappa shape index (κ2) is 7.27. The molecule has 1 saturated heterocycles. The summed E-state index contributed by atoms with van der Waals surface area (Å²) in [5.74, 6) is -0.138. The maximum atomic E-state index is 13.0. The van der Waals surface area contributed by atoms with E-state index in [4.69, 9.17) is 0 Å². The fourth-order valence-corrected chi connectivity index (χ4v) is 5.95. The molecule has 1 aromatic heterocycles. The van der Waals surface area contributed by atoms with Gasteiger partial charge in [-0.05, 0) is 43.1 Å². The van der Waals surface area contributed by atoms with E-state index < -0.39 is 10.0 Å². The Morgan fingerprint density at radius 2 is 1.75 bits per heavy atom. The molecule has 0 atom stereocenters. The fraction of sp³-hybridized carbons (Fsp3) is 0.300. The molecular formula is C20H21N3O3S2. The van der Waals surface area contributed by atoms with Crippen molar-refractivity contribution in [1.82, 2.24) is 13.6 Å². The zero-order chi connectivity index (χ0) is 19.9. The highest BCUT2D eigenvalue weighted by Crippen LogP contribution is 2.25. The van der Waals surface area contributed by atoms with Crippen LogP contribution in [-0.2, 0) is 10.0 Å². The van der Waals surface area contributed by atoms with E-state index in [0.717, 1.165) is 21.2 Å². The molecule has 3 aromatic rings. The SMILES string of the molecule is Cc1ccc(S(=O)(=O)N2CCN(C(=O)c3nsc4ccccc34)CC2)c(C)c1. The number of amides is 1. The lowest BCUT2D eigenvalue weighted by molar-refractivity contribution is 0.0695. The van der Waals surface area contributed by atoms with Gasteiger partial charge in [0, 0.05) is 31.6 Å². The molecule has 0 radical (unpaired) electrons. The number of nitrogens with zero attached hydrogens (tertiary/aromatic N) is 3. The van der Waals surface area contributed by atoms with E-state index in [1.807, 2.05) is 50.2 Å². The number of fused-ring (bicyclic) bond motifs is 1. The molecule has 146 valence electrons. The number of aromatic nitrogens is 1. The summed E-state index contributed by atoms with van der Waals surface area (Å²) in [6, 6.07) is 13.0. The Kier molecular flexibility index (Phi) is 4.95. The molecule has 0 unspecified atom stereocenters. The summed E-state index contributed by atoms with van der Waals surface area (Å²) < 4.78 is 32.8. The molecule has 6 nitrogen and oxygen atoms in total. The third kappa shape index (κ3) is 3.32. The molecule has 1 fully saturated rings. The highest BCUT2D eigenvalue weighted by molar-refractivity contribution is 7.89. The molecule has 1 aliphatic rings. The van der Waals surface area contributed by atoms with Crippen LogP contribution in [0.15, 0.2) is 47.4 Å². The van der Waals surface area contributed by atoms with Gasteiger partial charge in [-0.15, -0.1) is 0 Å². The highest BCUT2D eigenvalue weighted by atomic mass is 32.2. The highest BCUT2D eigenvalue weighted by Gasteiger charge is 2.32. The van der Waals surface area contributed by atoms with Crippen LogP contribution in [0.1, 0.15) is 21.6 Å². The number of hydrogen-bond donors (Lipinski definition) is 0. The first kappa shape index (κ1) is 19.0. The zero-order valence-corrected chi connectivity index (χ0v) is 17.4. The first-order chi connectivity index (χ1) is 13.4. The van der Waals surface area contributed by atoms with E-state index in [9.17, 15) is 13.2 Å². The molecule has 1 aliphatic heterocycles. The lowest BCUT2D eigenvalue weighted by Crippen LogP contribution is -2.50. The van der Waals surface area contributed by atoms with Crippen molar-refractivity contribution in [2.75, 3.05) is 26.2 Å². The standard InChI is InChI=1S/C20H21N3O3S2/c1-14-7-8-18(15(2)13-14)28(25,26)23-11-9-22(10-12-23)20(24)19-16-5-3-4-6-17(16)27-21-19/h3-8,13H,9-12H2,1-2H3. The summed E-state index contributed by atoms with van der Waals surface area (Å²) >= 11 is 1.31. The lowest BCUT2D eigenvalue weighted by atomic mass is 10.2. The molecule has 1 amide bonds. The summed E-state index contributed by atoms with van der Waals surface area (Å²) in [5, 5.41) is 0.850. The van der Waals surface area contributed by atoms with Crippen LogP contribution < -0.4 is 0 Å². The lowest BCUT2D eigenvalue weighted by Gasteiger charge is -2.34. The van der Waals surface area contributed by atoms with E-state index in [1.54, 1.807) is 11.0 Å². The maximum absolute atomic E-state index is 13.0. The van der Waals surface area contributed by atoms with Gasteiger partial charge in [0.2, 0.25) is 10.0 Å². The third-order valence-corrected chi connectivity index (χ3v) is 7.94. The first-order valence-corrected chi connectivity index (χ1v) is 11.3. The predicted molar refractivity (Wildman–Crippen MR) is 110 cm³/mol. The van der Waals surface area contributed by atoms with Crippen molar-refractivity contribution in [3.8, 4) is 0 Å². The third-order valence-electron chi connectivity index (χ3n) is 5.05. The summed E-state index contributed by atoms with van der Waals surface area (Å²) in [5.41, 5.74) is 2.22. The summed E-state index contributed by atoms with van der Waals surface area (Å²) in [4.78, 5) is 14.9. The van der Waals surface area contributed by atoms with Gasteiger partial charge in [-0.2, -0.15) is 8.68 Å². The molecule has 8 heteroatoms. The Morgan fingerprint density at radius 1 is 1.04 bits per heavy atom. The molecular weight excluding hydrogens is 394 g/mol. The number of benzene rings is 2. The molecule has 0 aliphatic carbocycles. The molecule has 4 rings (SSSR count). The molecule has 0 spiro atoms. The molecule has 28 heavy (non-hydrogen) atoms. The van der Waals surface area contributed by atoms with E-state index in [1.165, 1.54) is 15.8 Å². The van der Waals surface area contributed by atoms with Crippen LogP contribution in [0.5, 0.6) is 0 Å². The predicted octanol–water partition coefficient (Wildman–Crippen LogP) is 3.06. The van der Waals surface area contributed by atoms with E-state index in [2.05, 4.69) is 4.37 Å². The Labute approximate surface area is 168 Å². The number of rotatable bonds is 3. The number of carbonyl (C=O) groups excluding carboxylic acids is 1. The van der Waals surface area contributed by atoms with Crippen LogP contribution in [0.3, 0.4) is 0 Å². The van der Waals surface area contributed by atoms with Crippen molar-refractivity contribution in [2.45, 2.75) is 18.7 Å². The molecule has 2 heterocycles. The van der Waals surface area contributed by atoms with Crippen molar-refractivity contribution in [3.63, 3.8) is 0 Å². The summed E-state index contributed by atoms with van der Waals surface area (Å²) in [6.45, 7) is 5.03. The van der Waals surface area contributed by atoms with Crippen molar-refractivity contribution >= 4 is 37.5 Å². The van der Waals surface area contributed by atoms with Crippen molar-refractivity contribution in [3.05, 3.63) is 59.3 Å². The average Bonchev–Trinajstić information content (AvgIpc) is 3.11. The molecule has 0 bridgehead atoms. The number of carbonyl (C=O) groups is 1. The fourth-order valence-electron chi connectivity index (χ4n) is 3.55.